The average molecular weight is 442 g/mol. The van der Waals surface area contributed by atoms with Crippen molar-refractivity contribution < 1.29 is 14.6 Å². The van der Waals surface area contributed by atoms with E-state index in [9.17, 15) is 9.90 Å². The van der Waals surface area contributed by atoms with Gasteiger partial charge in [0.1, 0.15) is 0 Å². The van der Waals surface area contributed by atoms with E-state index in [0.29, 0.717) is 5.75 Å². The number of hydrogen-bond acceptors (Lipinski definition) is 4. The second-order valence-electron chi connectivity index (χ2n) is 10.8. The van der Waals surface area contributed by atoms with Gasteiger partial charge in [-0.1, -0.05) is 24.3 Å². The van der Waals surface area contributed by atoms with Crippen molar-refractivity contribution in [3.05, 3.63) is 58.8 Å². The lowest BCUT2D eigenvalue weighted by molar-refractivity contribution is -0.120. The van der Waals surface area contributed by atoms with Gasteiger partial charge in [-0.2, -0.15) is 0 Å². The van der Waals surface area contributed by atoms with E-state index in [1.807, 2.05) is 0 Å². The number of rotatable bonds is 4. The molecule has 2 aromatic carbocycles. The monoisotopic (exact) mass is 441 g/mol. The van der Waals surface area contributed by atoms with Gasteiger partial charge in [-0.05, 0) is 61.4 Å². The molecule has 2 aliphatic heterocycles. The lowest BCUT2D eigenvalue weighted by Gasteiger charge is -2.65. The number of phenols is 1. The van der Waals surface area contributed by atoms with E-state index >= 15 is 0 Å². The molecule has 1 spiro atoms. The van der Waals surface area contributed by atoms with Crippen LogP contribution in [0.3, 0.4) is 0 Å². The molecule has 33 heavy (non-hydrogen) atoms. The van der Waals surface area contributed by atoms with E-state index in [1.165, 1.54) is 29.4 Å². The highest BCUT2D eigenvalue weighted by atomic mass is 16.5. The number of fused-ring (bicyclic) bond motifs is 4. The normalized spacial score (nSPS) is 33.3. The summed E-state index contributed by atoms with van der Waals surface area (Å²) in [5.41, 5.74) is 4.98. The summed E-state index contributed by atoms with van der Waals surface area (Å²) >= 11 is 0. The van der Waals surface area contributed by atoms with E-state index < -0.39 is 11.0 Å². The average Bonchev–Trinajstić information content (AvgIpc) is 3.45. The first-order valence-corrected chi connectivity index (χ1v) is 12.2. The first-order chi connectivity index (χ1) is 16.2. The van der Waals surface area contributed by atoms with Crippen molar-refractivity contribution in [2.75, 3.05) is 13.1 Å². The molecule has 4 atom stereocenters. The Labute approximate surface area is 191 Å². The third-order valence-electron chi connectivity index (χ3n) is 9.44. The molecule has 168 valence electrons. The molecule has 5 aliphatic rings. The van der Waals surface area contributed by atoms with Gasteiger partial charge in [-0.25, -0.2) is 0 Å². The highest BCUT2D eigenvalue weighted by Gasteiger charge is 2.73. The van der Waals surface area contributed by atoms with Gasteiger partial charge in [0.05, 0.1) is 16.6 Å². The van der Waals surface area contributed by atoms with E-state index in [4.69, 9.17) is 4.74 Å². The van der Waals surface area contributed by atoms with Gasteiger partial charge in [-0.15, -0.1) is 0 Å². The van der Waals surface area contributed by atoms with Crippen LogP contribution in [-0.2, 0) is 23.1 Å². The standard InChI is InChI=1S/C27H27N3O3/c31-14-28-27-12-18-17-3-1-2-4-19(17)29-23(18)25-26(27)9-10-30(13-15-5-6-15)21(27)11-16-7-8-20(32)24(33-25)22(16)26/h1-4,7-8,14-15,21,25,29,32H,5-6,9-13H2,(H,28,31)/t21-,25+,26-,27-/m1/s1. The van der Waals surface area contributed by atoms with Crippen LogP contribution in [0.15, 0.2) is 36.4 Å². The number of nitrogens with one attached hydrogen (secondary N) is 2. The number of para-hydroxylation sites is 1. The molecule has 1 saturated carbocycles. The fourth-order valence-electron chi connectivity index (χ4n) is 8.00. The first-order valence-electron chi connectivity index (χ1n) is 12.2. The Morgan fingerprint density at radius 3 is 2.97 bits per heavy atom. The topological polar surface area (TPSA) is 77.6 Å². The molecule has 6 nitrogen and oxygen atoms in total. The van der Waals surface area contributed by atoms with Gasteiger partial charge in [0.15, 0.2) is 17.6 Å². The Kier molecular flexibility index (Phi) is 3.31. The Balaban J connectivity index is 1.45. The third kappa shape index (κ3) is 2.03. The van der Waals surface area contributed by atoms with Crippen molar-refractivity contribution in [3.8, 4) is 11.5 Å². The summed E-state index contributed by atoms with van der Waals surface area (Å²) in [5, 5.41) is 15.5. The minimum absolute atomic E-state index is 0.202. The van der Waals surface area contributed by atoms with Crippen LogP contribution in [-0.4, -0.2) is 46.1 Å². The van der Waals surface area contributed by atoms with Crippen LogP contribution in [0.5, 0.6) is 11.5 Å². The lowest BCUT2D eigenvalue weighted by atomic mass is 9.47. The molecular weight excluding hydrogens is 414 g/mol. The summed E-state index contributed by atoms with van der Waals surface area (Å²) < 4.78 is 6.71. The van der Waals surface area contributed by atoms with Crippen molar-refractivity contribution in [2.24, 2.45) is 5.92 Å². The van der Waals surface area contributed by atoms with Crippen molar-refractivity contribution >= 4 is 17.3 Å². The van der Waals surface area contributed by atoms with Crippen molar-refractivity contribution in [1.82, 2.24) is 15.2 Å². The molecule has 1 aromatic heterocycles. The molecule has 3 aromatic rings. The van der Waals surface area contributed by atoms with E-state index in [0.717, 1.165) is 61.5 Å². The van der Waals surface area contributed by atoms with Crippen LogP contribution < -0.4 is 10.1 Å². The van der Waals surface area contributed by atoms with Gasteiger partial charge >= 0.3 is 0 Å². The number of phenolic OH excluding ortho intramolecular Hbond substituents is 1. The van der Waals surface area contributed by atoms with Crippen molar-refractivity contribution in [1.29, 1.82) is 0 Å². The molecular formula is C27H27N3O3. The van der Waals surface area contributed by atoms with Gasteiger partial charge < -0.3 is 20.1 Å². The highest BCUT2D eigenvalue weighted by Crippen LogP contribution is 2.69. The molecule has 3 aliphatic carbocycles. The number of H-pyrrole nitrogens is 1. The van der Waals surface area contributed by atoms with E-state index in [-0.39, 0.29) is 17.9 Å². The maximum Gasteiger partial charge on any atom is 0.207 e. The number of amides is 1. The SMILES string of the molecule is O=CN[C@@]12Cc3c([nH]c4ccccc34)[C@@H]3Oc4c(O)ccc5c4[C@]31CCN(CC1CC1)[C@@H]2C5. The molecule has 0 unspecified atom stereocenters. The summed E-state index contributed by atoms with van der Waals surface area (Å²) in [4.78, 5) is 18.6. The second kappa shape index (κ2) is 5.92. The number of hydrogen-bond donors (Lipinski definition) is 3. The third-order valence-corrected chi connectivity index (χ3v) is 9.44. The Morgan fingerprint density at radius 2 is 2.12 bits per heavy atom. The molecule has 1 saturated heterocycles. The number of ether oxygens (including phenoxy) is 1. The summed E-state index contributed by atoms with van der Waals surface area (Å²) in [6.07, 6.45) is 5.83. The zero-order valence-corrected chi connectivity index (χ0v) is 18.4. The number of carbonyl (C=O) groups excluding carboxylic acids is 1. The van der Waals surface area contributed by atoms with Crippen LogP contribution in [0.2, 0.25) is 0 Å². The Hall–Kier alpha value is -2.99. The Morgan fingerprint density at radius 1 is 1.24 bits per heavy atom. The number of aromatic amines is 1. The predicted molar refractivity (Wildman–Crippen MR) is 123 cm³/mol. The number of aromatic hydroxyl groups is 1. The number of piperidine rings is 1. The van der Waals surface area contributed by atoms with Gasteiger partial charge in [0.2, 0.25) is 6.41 Å². The molecule has 0 radical (unpaired) electrons. The van der Waals surface area contributed by atoms with Crippen molar-refractivity contribution in [3.63, 3.8) is 0 Å². The molecule has 8 rings (SSSR count). The summed E-state index contributed by atoms with van der Waals surface area (Å²) in [5.74, 6) is 1.61. The summed E-state index contributed by atoms with van der Waals surface area (Å²) in [6, 6.07) is 12.5. The predicted octanol–water partition coefficient (Wildman–Crippen LogP) is 3.33. The highest BCUT2D eigenvalue weighted by molar-refractivity contribution is 5.86. The zero-order chi connectivity index (χ0) is 21.9. The molecule has 1 amide bonds. The number of aromatic nitrogens is 1. The van der Waals surface area contributed by atoms with Crippen LogP contribution in [0.1, 0.15) is 47.8 Å². The number of nitrogens with zero attached hydrogens (tertiary/aromatic N) is 1. The fraction of sp³-hybridized carbons (Fsp3) is 0.444. The molecule has 2 fully saturated rings. The first kappa shape index (κ1) is 18.4. The molecule has 2 bridgehead atoms. The smallest absolute Gasteiger partial charge is 0.207 e. The number of benzene rings is 2. The maximum absolute atomic E-state index is 12.3. The molecule has 3 N–H and O–H groups in total. The molecule has 6 heteroatoms. The van der Waals surface area contributed by atoms with E-state index in [1.54, 1.807) is 6.07 Å². The van der Waals surface area contributed by atoms with Gasteiger partial charge in [0.25, 0.3) is 0 Å². The summed E-state index contributed by atoms with van der Waals surface area (Å²) in [6.45, 7) is 2.10. The summed E-state index contributed by atoms with van der Waals surface area (Å²) in [7, 11) is 0. The minimum atomic E-state index is -0.476. The number of carbonyl (C=O) groups is 1. The van der Waals surface area contributed by atoms with Crippen LogP contribution in [0, 0.1) is 5.92 Å². The van der Waals surface area contributed by atoms with Gasteiger partial charge in [-0.3, -0.25) is 9.69 Å². The molecule has 3 heterocycles. The zero-order valence-electron chi connectivity index (χ0n) is 18.4. The maximum atomic E-state index is 12.3. The van der Waals surface area contributed by atoms with E-state index in [2.05, 4.69) is 45.5 Å². The minimum Gasteiger partial charge on any atom is -0.504 e. The van der Waals surface area contributed by atoms with Crippen LogP contribution >= 0.6 is 0 Å². The van der Waals surface area contributed by atoms with Gasteiger partial charge in [0, 0.05) is 35.5 Å². The van der Waals surface area contributed by atoms with Crippen LogP contribution in [0.4, 0.5) is 0 Å². The Bertz CT molecular complexity index is 1340. The lowest BCUT2D eigenvalue weighted by Crippen LogP contribution is -2.79. The quantitative estimate of drug-likeness (QED) is 0.543. The fourth-order valence-corrected chi connectivity index (χ4v) is 8.00. The van der Waals surface area contributed by atoms with Crippen LogP contribution in [0.25, 0.3) is 10.9 Å². The largest absolute Gasteiger partial charge is 0.504 e. The number of likely N-dealkylation sites (tertiary alicyclic amines) is 1. The van der Waals surface area contributed by atoms with Crippen molar-refractivity contribution in [2.45, 2.75) is 55.2 Å². The second-order valence-corrected chi connectivity index (χ2v) is 10.8.